The molecule has 2 aromatic rings. The largest absolute Gasteiger partial charge is 0.416 e. The maximum atomic E-state index is 12.7. The Hall–Kier alpha value is -1.95. The summed E-state index contributed by atoms with van der Waals surface area (Å²) in [5.74, 6) is -0.378. The van der Waals surface area contributed by atoms with Gasteiger partial charge in [0.15, 0.2) is 0 Å². The van der Waals surface area contributed by atoms with Gasteiger partial charge in [0.05, 0.1) is 5.56 Å². The summed E-state index contributed by atoms with van der Waals surface area (Å²) in [5, 5.41) is 7.48. The molecule has 0 aliphatic rings. The molecule has 2 aromatic carbocycles. The van der Waals surface area contributed by atoms with Crippen LogP contribution in [-0.2, 0) is 6.18 Å². The fraction of sp³-hybridized carbons (Fsp3) is 0.133. The van der Waals surface area contributed by atoms with Crippen molar-refractivity contribution in [3.63, 3.8) is 0 Å². The van der Waals surface area contributed by atoms with E-state index in [-0.39, 0.29) is 11.4 Å². The zero-order chi connectivity index (χ0) is 15.6. The van der Waals surface area contributed by atoms with Crippen LogP contribution in [0.15, 0.2) is 52.3 Å². The Labute approximate surface area is 124 Å². The molecule has 0 aliphatic carbocycles. The standard InChI is InChI=1S/C15H13F3N2S/c1-9-3-2-4-11(7-9)21-13-6-5-10(15(16,17)18)8-12(13)14(19)20/h2-8H,1H3,(H3,19,20). The zero-order valence-corrected chi connectivity index (χ0v) is 12.0. The van der Waals surface area contributed by atoms with Gasteiger partial charge in [0.1, 0.15) is 5.84 Å². The van der Waals surface area contributed by atoms with Crippen LogP contribution < -0.4 is 5.73 Å². The molecule has 0 aromatic heterocycles. The second-order valence-electron chi connectivity index (χ2n) is 4.54. The van der Waals surface area contributed by atoms with Crippen molar-refractivity contribution in [3.05, 3.63) is 59.2 Å². The minimum absolute atomic E-state index is 0.0938. The number of benzene rings is 2. The lowest BCUT2D eigenvalue weighted by Gasteiger charge is -2.12. The van der Waals surface area contributed by atoms with Crippen LogP contribution in [0.2, 0.25) is 0 Å². The summed E-state index contributed by atoms with van der Waals surface area (Å²) in [4.78, 5) is 1.42. The molecule has 0 saturated heterocycles. The van der Waals surface area contributed by atoms with E-state index in [1.807, 2.05) is 31.2 Å². The topological polar surface area (TPSA) is 49.9 Å². The molecule has 0 unspecified atom stereocenters. The number of rotatable bonds is 3. The number of hydrogen-bond donors (Lipinski definition) is 2. The predicted molar refractivity (Wildman–Crippen MR) is 77.8 cm³/mol. The van der Waals surface area contributed by atoms with Gasteiger partial charge in [-0.05, 0) is 37.3 Å². The molecule has 0 atom stereocenters. The maximum Gasteiger partial charge on any atom is 0.416 e. The fourth-order valence-electron chi connectivity index (χ4n) is 1.81. The maximum absolute atomic E-state index is 12.7. The third-order valence-corrected chi connectivity index (χ3v) is 3.88. The van der Waals surface area contributed by atoms with Crippen molar-refractivity contribution in [1.82, 2.24) is 0 Å². The Morgan fingerprint density at radius 2 is 1.86 bits per heavy atom. The first-order valence-corrected chi connectivity index (χ1v) is 6.89. The first kappa shape index (κ1) is 15.4. The summed E-state index contributed by atoms with van der Waals surface area (Å²) in [6.45, 7) is 1.93. The molecule has 0 heterocycles. The molecule has 2 rings (SSSR count). The first-order valence-electron chi connectivity index (χ1n) is 6.07. The van der Waals surface area contributed by atoms with Crippen LogP contribution in [0, 0.1) is 12.3 Å². The fourth-order valence-corrected chi connectivity index (χ4v) is 2.87. The molecule has 0 saturated carbocycles. The van der Waals surface area contributed by atoms with Gasteiger partial charge in [0.2, 0.25) is 0 Å². The van der Waals surface area contributed by atoms with E-state index in [0.717, 1.165) is 22.6 Å². The van der Waals surface area contributed by atoms with Gasteiger partial charge in [0, 0.05) is 15.4 Å². The van der Waals surface area contributed by atoms with Crippen LogP contribution in [-0.4, -0.2) is 5.84 Å². The lowest BCUT2D eigenvalue weighted by atomic mass is 10.1. The molecular weight excluding hydrogens is 297 g/mol. The van der Waals surface area contributed by atoms with Crippen molar-refractivity contribution in [2.75, 3.05) is 0 Å². The van der Waals surface area contributed by atoms with E-state index in [0.29, 0.717) is 4.90 Å². The molecule has 0 spiro atoms. The van der Waals surface area contributed by atoms with Gasteiger partial charge in [0.25, 0.3) is 0 Å². The number of halogens is 3. The smallest absolute Gasteiger partial charge is 0.384 e. The minimum Gasteiger partial charge on any atom is -0.384 e. The van der Waals surface area contributed by atoms with Crippen LogP contribution in [0.3, 0.4) is 0 Å². The normalized spacial score (nSPS) is 11.4. The number of aryl methyl sites for hydroxylation is 1. The van der Waals surface area contributed by atoms with E-state index in [1.165, 1.54) is 17.8 Å². The number of amidine groups is 1. The Morgan fingerprint density at radius 1 is 1.14 bits per heavy atom. The Bertz CT molecular complexity index is 681. The number of nitrogens with one attached hydrogen (secondary N) is 1. The summed E-state index contributed by atoms with van der Waals surface area (Å²) in [6.07, 6.45) is -4.45. The lowest BCUT2D eigenvalue weighted by molar-refractivity contribution is -0.137. The molecule has 0 aliphatic heterocycles. The van der Waals surface area contributed by atoms with Crippen molar-refractivity contribution in [1.29, 1.82) is 5.41 Å². The molecule has 3 N–H and O–H groups in total. The molecule has 0 fully saturated rings. The second kappa shape index (κ2) is 5.81. The number of nitrogen functional groups attached to an aromatic ring is 1. The van der Waals surface area contributed by atoms with Gasteiger partial charge in [-0.25, -0.2) is 0 Å². The van der Waals surface area contributed by atoms with Gasteiger partial charge < -0.3 is 5.73 Å². The Kier molecular flexibility index (Phi) is 4.27. The summed E-state index contributed by atoms with van der Waals surface area (Å²) in [5.41, 5.74) is 5.75. The van der Waals surface area contributed by atoms with Crippen LogP contribution >= 0.6 is 11.8 Å². The zero-order valence-electron chi connectivity index (χ0n) is 11.2. The molecule has 2 nitrogen and oxygen atoms in total. The summed E-state index contributed by atoms with van der Waals surface area (Å²) >= 11 is 1.29. The van der Waals surface area contributed by atoms with Gasteiger partial charge in [-0.1, -0.05) is 29.5 Å². The summed E-state index contributed by atoms with van der Waals surface area (Å²) < 4.78 is 38.2. The lowest BCUT2D eigenvalue weighted by Crippen LogP contribution is -2.14. The van der Waals surface area contributed by atoms with E-state index in [9.17, 15) is 13.2 Å². The van der Waals surface area contributed by atoms with Crippen LogP contribution in [0.1, 0.15) is 16.7 Å². The van der Waals surface area contributed by atoms with Gasteiger partial charge in [-0.15, -0.1) is 0 Å². The Morgan fingerprint density at radius 3 is 2.43 bits per heavy atom. The van der Waals surface area contributed by atoms with Gasteiger partial charge in [-0.2, -0.15) is 13.2 Å². The summed E-state index contributed by atoms with van der Waals surface area (Å²) in [7, 11) is 0. The van der Waals surface area contributed by atoms with Crippen LogP contribution in [0.25, 0.3) is 0 Å². The number of alkyl halides is 3. The van der Waals surface area contributed by atoms with Gasteiger partial charge in [-0.3, -0.25) is 5.41 Å². The van der Waals surface area contributed by atoms with Crippen molar-refractivity contribution in [2.45, 2.75) is 22.9 Å². The predicted octanol–water partition coefficient (Wildman–Crippen LogP) is 4.45. The molecule has 21 heavy (non-hydrogen) atoms. The highest BCUT2D eigenvalue weighted by atomic mass is 32.2. The van der Waals surface area contributed by atoms with E-state index in [1.54, 1.807) is 0 Å². The van der Waals surface area contributed by atoms with E-state index < -0.39 is 11.7 Å². The molecule has 0 bridgehead atoms. The molecule has 6 heteroatoms. The van der Waals surface area contributed by atoms with Crippen LogP contribution in [0.5, 0.6) is 0 Å². The molecule has 0 radical (unpaired) electrons. The third-order valence-electron chi connectivity index (χ3n) is 2.81. The van der Waals surface area contributed by atoms with E-state index in [2.05, 4.69) is 0 Å². The minimum atomic E-state index is -4.45. The third kappa shape index (κ3) is 3.78. The Balaban J connectivity index is 2.42. The van der Waals surface area contributed by atoms with Crippen molar-refractivity contribution < 1.29 is 13.2 Å². The highest BCUT2D eigenvalue weighted by molar-refractivity contribution is 7.99. The monoisotopic (exact) mass is 310 g/mol. The van der Waals surface area contributed by atoms with Gasteiger partial charge >= 0.3 is 6.18 Å². The van der Waals surface area contributed by atoms with Crippen molar-refractivity contribution in [3.8, 4) is 0 Å². The number of nitrogens with two attached hydrogens (primary N) is 1. The average molecular weight is 310 g/mol. The summed E-state index contributed by atoms with van der Waals surface area (Å²) in [6, 6.07) is 10.9. The first-order chi connectivity index (χ1) is 9.77. The highest BCUT2D eigenvalue weighted by Crippen LogP contribution is 2.35. The quantitative estimate of drug-likeness (QED) is 0.650. The van der Waals surface area contributed by atoms with E-state index >= 15 is 0 Å². The second-order valence-corrected chi connectivity index (χ2v) is 5.66. The molecule has 0 amide bonds. The highest BCUT2D eigenvalue weighted by Gasteiger charge is 2.31. The SMILES string of the molecule is Cc1cccc(Sc2ccc(C(F)(F)F)cc2C(=N)N)c1. The van der Waals surface area contributed by atoms with Crippen molar-refractivity contribution >= 4 is 17.6 Å². The van der Waals surface area contributed by atoms with E-state index in [4.69, 9.17) is 11.1 Å². The average Bonchev–Trinajstić information content (AvgIpc) is 2.37. The molecular formula is C15H13F3N2S. The molecule has 110 valence electrons. The number of hydrogen-bond acceptors (Lipinski definition) is 2. The van der Waals surface area contributed by atoms with Crippen molar-refractivity contribution in [2.24, 2.45) is 5.73 Å². The van der Waals surface area contributed by atoms with Crippen LogP contribution in [0.4, 0.5) is 13.2 Å².